The molecular weight excluding hydrogens is 496 g/mol. The number of rotatable bonds is 9. The molecule has 2 heterocycles. The number of nitrogens with one attached hydrogen (secondary N) is 2. The molecule has 0 unspecified atom stereocenters. The Balaban J connectivity index is 1.63. The second-order valence-corrected chi connectivity index (χ2v) is 10.0. The van der Waals surface area contributed by atoms with Crippen LogP contribution in [0.15, 0.2) is 65.5 Å². The predicted molar refractivity (Wildman–Crippen MR) is 133 cm³/mol. The number of thiazole rings is 2. The van der Waals surface area contributed by atoms with Crippen LogP contribution in [-0.2, 0) is 21.5 Å². The third-order valence-electron chi connectivity index (χ3n) is 4.79. The molecule has 0 radical (unpaired) electrons. The van der Waals surface area contributed by atoms with E-state index in [4.69, 9.17) is 14.3 Å². The van der Waals surface area contributed by atoms with Crippen molar-refractivity contribution >= 4 is 49.6 Å². The van der Waals surface area contributed by atoms with E-state index in [1.165, 1.54) is 29.8 Å². The maximum atomic E-state index is 12.1. The molecule has 4 aromatic rings. The molecule has 0 aliphatic rings. The van der Waals surface area contributed by atoms with E-state index in [1.807, 2.05) is 40.4 Å². The van der Waals surface area contributed by atoms with Crippen molar-refractivity contribution in [3.8, 4) is 10.6 Å². The number of esters is 1. The maximum Gasteiger partial charge on any atom is 0.359 e. The lowest BCUT2D eigenvalue weighted by Crippen LogP contribution is -2.16. The molecule has 0 saturated heterocycles. The van der Waals surface area contributed by atoms with Gasteiger partial charge < -0.3 is 10.1 Å². The van der Waals surface area contributed by atoms with Crippen LogP contribution < -0.4 is 10.0 Å². The van der Waals surface area contributed by atoms with E-state index in [-0.39, 0.29) is 17.4 Å². The zero-order valence-corrected chi connectivity index (χ0v) is 20.3. The molecule has 0 bridgehead atoms. The summed E-state index contributed by atoms with van der Waals surface area (Å²) < 4.78 is 37.9. The zero-order chi connectivity index (χ0) is 24.1. The normalized spacial score (nSPS) is 12.2. The van der Waals surface area contributed by atoms with Crippen LogP contribution in [0.2, 0.25) is 0 Å². The highest BCUT2D eigenvalue weighted by Gasteiger charge is 2.22. The van der Waals surface area contributed by atoms with E-state index in [0.717, 1.165) is 21.8 Å². The summed E-state index contributed by atoms with van der Waals surface area (Å²) in [4.78, 5) is 21.0. The lowest BCUT2D eigenvalue weighted by atomic mass is 10.0. The number of anilines is 2. The Morgan fingerprint density at radius 2 is 1.85 bits per heavy atom. The number of methoxy groups -OCH3 is 1. The molecular formula is C22H20N4O5S3. The van der Waals surface area contributed by atoms with Crippen LogP contribution in [-0.4, -0.2) is 36.0 Å². The molecule has 0 fully saturated rings. The van der Waals surface area contributed by atoms with Gasteiger partial charge in [-0.15, -0.1) is 22.7 Å². The number of nitrogens with zero attached hydrogens (tertiary/aromatic N) is 2. The van der Waals surface area contributed by atoms with Crippen LogP contribution in [0.25, 0.3) is 10.6 Å². The van der Waals surface area contributed by atoms with Crippen molar-refractivity contribution in [2.75, 3.05) is 17.1 Å². The Kier molecular flexibility index (Phi) is 7.22. The van der Waals surface area contributed by atoms with Crippen molar-refractivity contribution in [2.24, 2.45) is 0 Å². The SMILES string of the molecule is COC(=O)c1ncsc1N[C@@H](Cc1ccc(NS(=O)(=O)O)cc1)c1csc(-c2ccccc2)n1. The van der Waals surface area contributed by atoms with Crippen molar-refractivity contribution in [3.63, 3.8) is 0 Å². The third-order valence-corrected chi connectivity index (χ3v) is 6.95. The lowest BCUT2D eigenvalue weighted by Gasteiger charge is -2.18. The average molecular weight is 517 g/mol. The van der Waals surface area contributed by atoms with Crippen molar-refractivity contribution < 1.29 is 22.5 Å². The van der Waals surface area contributed by atoms with Crippen LogP contribution in [0, 0.1) is 0 Å². The molecule has 9 nitrogen and oxygen atoms in total. The molecule has 0 saturated carbocycles. The number of hydrogen-bond donors (Lipinski definition) is 3. The van der Waals surface area contributed by atoms with Crippen LogP contribution in [0.3, 0.4) is 0 Å². The van der Waals surface area contributed by atoms with Crippen LogP contribution in [0.4, 0.5) is 10.7 Å². The Hall–Kier alpha value is -3.32. The summed E-state index contributed by atoms with van der Waals surface area (Å²) in [5.41, 5.74) is 4.68. The van der Waals surface area contributed by atoms with Gasteiger partial charge in [-0.05, 0) is 24.1 Å². The molecule has 3 N–H and O–H groups in total. The Labute approximate surface area is 204 Å². The van der Waals surface area contributed by atoms with E-state index >= 15 is 0 Å². The van der Waals surface area contributed by atoms with Gasteiger partial charge in [0.2, 0.25) is 0 Å². The topological polar surface area (TPSA) is 131 Å². The summed E-state index contributed by atoms with van der Waals surface area (Å²) >= 11 is 2.81. The number of hydrogen-bond acceptors (Lipinski definition) is 9. The van der Waals surface area contributed by atoms with Gasteiger partial charge >= 0.3 is 16.3 Å². The largest absolute Gasteiger partial charge is 0.464 e. The highest BCUT2D eigenvalue weighted by Crippen LogP contribution is 2.32. The second kappa shape index (κ2) is 10.3. The van der Waals surface area contributed by atoms with Gasteiger partial charge in [-0.1, -0.05) is 42.5 Å². The quantitative estimate of drug-likeness (QED) is 0.216. The third kappa shape index (κ3) is 5.97. The summed E-state index contributed by atoms with van der Waals surface area (Å²) in [6.45, 7) is 0. The number of carbonyl (C=O) groups is 1. The fraction of sp³-hybridized carbons (Fsp3) is 0.136. The summed E-state index contributed by atoms with van der Waals surface area (Å²) in [6.07, 6.45) is 0.489. The van der Waals surface area contributed by atoms with Crippen molar-refractivity contribution in [1.29, 1.82) is 0 Å². The van der Waals surface area contributed by atoms with Gasteiger partial charge in [-0.3, -0.25) is 9.27 Å². The van der Waals surface area contributed by atoms with E-state index in [0.29, 0.717) is 11.4 Å². The van der Waals surface area contributed by atoms with Crippen molar-refractivity contribution in [2.45, 2.75) is 12.5 Å². The number of ether oxygens (including phenoxy) is 1. The molecule has 0 aliphatic carbocycles. The van der Waals surface area contributed by atoms with Crippen LogP contribution in [0.1, 0.15) is 27.8 Å². The van der Waals surface area contributed by atoms with Gasteiger partial charge in [-0.25, -0.2) is 14.8 Å². The number of carbonyl (C=O) groups excluding carboxylic acids is 1. The summed E-state index contributed by atoms with van der Waals surface area (Å²) in [6, 6.07) is 16.1. The van der Waals surface area contributed by atoms with E-state index in [1.54, 1.807) is 29.8 Å². The van der Waals surface area contributed by atoms with Crippen molar-refractivity contribution in [3.05, 3.63) is 82.4 Å². The first-order valence-electron chi connectivity index (χ1n) is 9.96. The van der Waals surface area contributed by atoms with Gasteiger partial charge in [-0.2, -0.15) is 8.42 Å². The van der Waals surface area contributed by atoms with Gasteiger partial charge in [0, 0.05) is 10.9 Å². The van der Waals surface area contributed by atoms with Crippen molar-refractivity contribution in [1.82, 2.24) is 9.97 Å². The molecule has 34 heavy (non-hydrogen) atoms. The number of benzene rings is 2. The molecule has 12 heteroatoms. The molecule has 1 atom stereocenters. The molecule has 0 spiro atoms. The van der Waals surface area contributed by atoms with Crippen LogP contribution >= 0.6 is 22.7 Å². The first-order valence-corrected chi connectivity index (χ1v) is 13.2. The maximum absolute atomic E-state index is 12.1. The monoisotopic (exact) mass is 516 g/mol. The zero-order valence-electron chi connectivity index (χ0n) is 17.8. The minimum atomic E-state index is -4.35. The first-order chi connectivity index (χ1) is 16.3. The van der Waals surface area contributed by atoms with Gasteiger partial charge in [0.15, 0.2) is 5.69 Å². The minimum absolute atomic E-state index is 0.198. The Morgan fingerprint density at radius 3 is 2.53 bits per heavy atom. The molecule has 176 valence electrons. The lowest BCUT2D eigenvalue weighted by molar-refractivity contribution is 0.0596. The smallest absolute Gasteiger partial charge is 0.359 e. The summed E-state index contributed by atoms with van der Waals surface area (Å²) in [5, 5.41) is 6.77. The summed E-state index contributed by atoms with van der Waals surface area (Å²) in [5.74, 6) is -0.536. The molecule has 2 aromatic heterocycles. The highest BCUT2D eigenvalue weighted by atomic mass is 32.2. The number of aromatic nitrogens is 2. The second-order valence-electron chi connectivity index (χ2n) is 7.14. The molecule has 2 aromatic carbocycles. The van der Waals surface area contributed by atoms with Crippen LogP contribution in [0.5, 0.6) is 0 Å². The Bertz CT molecular complexity index is 1370. The van der Waals surface area contributed by atoms with Gasteiger partial charge in [0.05, 0.1) is 30.0 Å². The average Bonchev–Trinajstić information content (AvgIpc) is 3.49. The first kappa shape index (κ1) is 23.8. The van der Waals surface area contributed by atoms with Gasteiger partial charge in [0.1, 0.15) is 10.0 Å². The fourth-order valence-electron chi connectivity index (χ4n) is 3.23. The molecule has 4 rings (SSSR count). The van der Waals surface area contributed by atoms with E-state index in [9.17, 15) is 13.2 Å². The fourth-order valence-corrected chi connectivity index (χ4v) is 5.27. The molecule has 0 amide bonds. The van der Waals surface area contributed by atoms with E-state index in [2.05, 4.69) is 10.3 Å². The Morgan fingerprint density at radius 1 is 1.12 bits per heavy atom. The minimum Gasteiger partial charge on any atom is -0.464 e. The van der Waals surface area contributed by atoms with E-state index < -0.39 is 16.3 Å². The highest BCUT2D eigenvalue weighted by molar-refractivity contribution is 7.87. The van der Waals surface area contributed by atoms with Gasteiger partial charge in [0.25, 0.3) is 0 Å². The summed E-state index contributed by atoms with van der Waals surface area (Å²) in [7, 11) is -3.05. The predicted octanol–water partition coefficient (Wildman–Crippen LogP) is 4.66. The molecule has 0 aliphatic heterocycles. The standard InChI is InChI=1S/C22H20N4O5S3/c1-31-22(27)19-21(33-13-23-19)24-17(11-14-7-9-16(10-8-14)26-34(28,29)30)18-12-32-20(25-18)15-5-3-2-4-6-15/h2-10,12-13,17,24,26H,11H2,1H3,(H,28,29,30)/t17-/m0/s1.